The summed E-state index contributed by atoms with van der Waals surface area (Å²) in [6.07, 6.45) is 4.67. The number of hydrogen-bond donors (Lipinski definition) is 0. The Morgan fingerprint density at radius 3 is 3.00 bits per heavy atom. The summed E-state index contributed by atoms with van der Waals surface area (Å²) in [5, 5.41) is 9.37. The Kier molecular flexibility index (Phi) is 2.51. The molecular weight excluding hydrogens is 196 g/mol. The average molecular weight is 208 g/mol. The summed E-state index contributed by atoms with van der Waals surface area (Å²) < 4.78 is 5.23. The Hall–Kier alpha value is -0.950. The molecule has 1 heterocycles. The van der Waals surface area contributed by atoms with E-state index in [1.807, 2.05) is 6.92 Å². The number of hydrogen-bond acceptors (Lipinski definition) is 4. The first-order valence-electron chi connectivity index (χ1n) is 4.66. The van der Waals surface area contributed by atoms with Crippen molar-refractivity contribution in [1.82, 2.24) is 4.98 Å². The predicted octanol–water partition coefficient (Wildman–Crippen LogP) is 2.77. The van der Waals surface area contributed by atoms with Gasteiger partial charge in [0.1, 0.15) is 6.26 Å². The number of thioether (sulfide) groups is 1. The van der Waals surface area contributed by atoms with E-state index in [1.165, 1.54) is 12.8 Å². The van der Waals surface area contributed by atoms with Gasteiger partial charge < -0.3 is 4.42 Å². The van der Waals surface area contributed by atoms with Crippen molar-refractivity contribution in [2.45, 2.75) is 31.4 Å². The number of aromatic nitrogens is 1. The standard InChI is InChI=1S/C10H12N2OS/c1-8-6-13-9(12-8)14-7-10(2-3-10)4-5-11/h6H,2-4,7H2,1H3. The molecule has 74 valence electrons. The molecule has 1 aliphatic rings. The largest absolute Gasteiger partial charge is 0.440 e. The third-order valence-corrected chi connectivity index (χ3v) is 3.70. The highest BCUT2D eigenvalue weighted by molar-refractivity contribution is 7.99. The lowest BCUT2D eigenvalue weighted by molar-refractivity contribution is 0.452. The first-order valence-corrected chi connectivity index (χ1v) is 5.65. The monoisotopic (exact) mass is 208 g/mol. The van der Waals surface area contributed by atoms with Crippen LogP contribution in [0.1, 0.15) is 25.0 Å². The molecule has 0 aromatic carbocycles. The Morgan fingerprint density at radius 2 is 2.50 bits per heavy atom. The number of nitrogens with zero attached hydrogens (tertiary/aromatic N) is 2. The van der Waals surface area contributed by atoms with Gasteiger partial charge in [0, 0.05) is 12.2 Å². The Labute approximate surface area is 87.5 Å². The first-order chi connectivity index (χ1) is 6.74. The summed E-state index contributed by atoms with van der Waals surface area (Å²) in [5.41, 5.74) is 1.18. The van der Waals surface area contributed by atoms with Gasteiger partial charge in [-0.25, -0.2) is 4.98 Å². The lowest BCUT2D eigenvalue weighted by Crippen LogP contribution is -2.02. The fourth-order valence-corrected chi connectivity index (χ4v) is 2.48. The highest BCUT2D eigenvalue weighted by Gasteiger charge is 2.42. The van der Waals surface area contributed by atoms with Gasteiger partial charge in [0.15, 0.2) is 0 Å². The lowest BCUT2D eigenvalue weighted by Gasteiger charge is -2.06. The van der Waals surface area contributed by atoms with E-state index in [0.29, 0.717) is 6.42 Å². The van der Waals surface area contributed by atoms with Crippen LogP contribution in [0.3, 0.4) is 0 Å². The van der Waals surface area contributed by atoms with E-state index in [9.17, 15) is 0 Å². The highest BCUT2D eigenvalue weighted by Crippen LogP contribution is 2.51. The van der Waals surface area contributed by atoms with E-state index in [2.05, 4.69) is 11.1 Å². The van der Waals surface area contributed by atoms with Gasteiger partial charge >= 0.3 is 0 Å². The van der Waals surface area contributed by atoms with Gasteiger partial charge in [0.2, 0.25) is 0 Å². The van der Waals surface area contributed by atoms with Gasteiger partial charge in [-0.15, -0.1) is 0 Å². The molecule has 1 fully saturated rings. The molecular formula is C10H12N2OS. The van der Waals surface area contributed by atoms with Gasteiger partial charge in [0.25, 0.3) is 5.22 Å². The zero-order valence-electron chi connectivity index (χ0n) is 8.12. The Morgan fingerprint density at radius 1 is 1.71 bits per heavy atom. The van der Waals surface area contributed by atoms with E-state index in [-0.39, 0.29) is 5.41 Å². The van der Waals surface area contributed by atoms with Crippen LogP contribution < -0.4 is 0 Å². The summed E-state index contributed by atoms with van der Waals surface area (Å²) in [7, 11) is 0. The van der Waals surface area contributed by atoms with Crippen molar-refractivity contribution in [3.05, 3.63) is 12.0 Å². The molecule has 1 aromatic rings. The quantitative estimate of drug-likeness (QED) is 0.714. The minimum atomic E-state index is 0.266. The van der Waals surface area contributed by atoms with Crippen LogP contribution in [0, 0.1) is 23.7 Å². The molecule has 0 aliphatic heterocycles. The second-order valence-electron chi connectivity index (χ2n) is 3.88. The number of nitriles is 1. The smallest absolute Gasteiger partial charge is 0.255 e. The summed E-state index contributed by atoms with van der Waals surface area (Å²) in [6, 6.07) is 2.25. The molecule has 0 spiro atoms. The number of rotatable bonds is 4. The number of aryl methyl sites for hydroxylation is 1. The average Bonchev–Trinajstić information content (AvgIpc) is 2.80. The summed E-state index contributed by atoms with van der Waals surface area (Å²) in [4.78, 5) is 4.22. The van der Waals surface area contributed by atoms with Crippen molar-refractivity contribution in [2.24, 2.45) is 5.41 Å². The third kappa shape index (κ3) is 2.10. The first kappa shape index (κ1) is 9.60. The molecule has 2 rings (SSSR count). The highest BCUT2D eigenvalue weighted by atomic mass is 32.2. The molecule has 1 aromatic heterocycles. The van der Waals surface area contributed by atoms with Crippen molar-refractivity contribution in [1.29, 1.82) is 5.26 Å². The fraction of sp³-hybridized carbons (Fsp3) is 0.600. The van der Waals surface area contributed by atoms with E-state index >= 15 is 0 Å². The zero-order valence-corrected chi connectivity index (χ0v) is 8.93. The van der Waals surface area contributed by atoms with Gasteiger partial charge in [0.05, 0.1) is 11.8 Å². The SMILES string of the molecule is Cc1coc(SCC2(CC#N)CC2)n1. The van der Waals surface area contributed by atoms with Crippen molar-refractivity contribution >= 4 is 11.8 Å². The minimum absolute atomic E-state index is 0.266. The van der Waals surface area contributed by atoms with Crippen LogP contribution in [0.25, 0.3) is 0 Å². The fourth-order valence-electron chi connectivity index (χ4n) is 1.33. The molecule has 0 unspecified atom stereocenters. The normalized spacial score (nSPS) is 17.7. The third-order valence-electron chi connectivity index (χ3n) is 2.51. The molecule has 4 heteroatoms. The summed E-state index contributed by atoms with van der Waals surface area (Å²) in [6.45, 7) is 1.91. The molecule has 0 bridgehead atoms. The zero-order chi connectivity index (χ0) is 10.0. The Balaban J connectivity index is 1.86. The van der Waals surface area contributed by atoms with Crippen molar-refractivity contribution in [3.63, 3.8) is 0 Å². The second-order valence-corrected chi connectivity index (χ2v) is 4.80. The van der Waals surface area contributed by atoms with Crippen LogP contribution in [0.2, 0.25) is 0 Å². The Bertz CT molecular complexity index is 362. The molecule has 0 amide bonds. The van der Waals surface area contributed by atoms with Crippen LogP contribution in [0.4, 0.5) is 0 Å². The van der Waals surface area contributed by atoms with E-state index < -0.39 is 0 Å². The van der Waals surface area contributed by atoms with Crippen molar-refractivity contribution in [3.8, 4) is 6.07 Å². The molecule has 0 atom stereocenters. The van der Waals surface area contributed by atoms with Crippen LogP contribution in [-0.4, -0.2) is 10.7 Å². The molecule has 0 N–H and O–H groups in total. The predicted molar refractivity (Wildman–Crippen MR) is 53.9 cm³/mol. The van der Waals surface area contributed by atoms with Crippen molar-refractivity contribution in [2.75, 3.05) is 5.75 Å². The van der Waals surface area contributed by atoms with Crippen LogP contribution in [0.15, 0.2) is 15.9 Å². The molecule has 1 aliphatic carbocycles. The topological polar surface area (TPSA) is 49.8 Å². The molecule has 0 saturated heterocycles. The van der Waals surface area contributed by atoms with Crippen LogP contribution in [-0.2, 0) is 0 Å². The van der Waals surface area contributed by atoms with Gasteiger partial charge in [-0.05, 0) is 25.2 Å². The second kappa shape index (κ2) is 3.66. The van der Waals surface area contributed by atoms with Gasteiger partial charge in [-0.1, -0.05) is 11.8 Å². The molecule has 1 saturated carbocycles. The van der Waals surface area contributed by atoms with E-state index in [1.54, 1.807) is 18.0 Å². The number of oxazole rings is 1. The van der Waals surface area contributed by atoms with Gasteiger partial charge in [-0.3, -0.25) is 0 Å². The lowest BCUT2D eigenvalue weighted by atomic mass is 10.1. The maximum Gasteiger partial charge on any atom is 0.255 e. The van der Waals surface area contributed by atoms with Crippen LogP contribution in [0.5, 0.6) is 0 Å². The maximum absolute atomic E-state index is 8.64. The summed E-state index contributed by atoms with van der Waals surface area (Å²) in [5.74, 6) is 0.959. The molecule has 3 nitrogen and oxygen atoms in total. The van der Waals surface area contributed by atoms with E-state index in [4.69, 9.17) is 9.68 Å². The van der Waals surface area contributed by atoms with Crippen LogP contribution >= 0.6 is 11.8 Å². The van der Waals surface area contributed by atoms with Crippen molar-refractivity contribution < 1.29 is 4.42 Å². The minimum Gasteiger partial charge on any atom is -0.440 e. The summed E-state index contributed by atoms with van der Waals surface area (Å²) >= 11 is 1.62. The maximum atomic E-state index is 8.64. The molecule has 14 heavy (non-hydrogen) atoms. The van der Waals surface area contributed by atoms with Gasteiger partial charge in [-0.2, -0.15) is 5.26 Å². The molecule has 0 radical (unpaired) electrons. The van der Waals surface area contributed by atoms with E-state index in [0.717, 1.165) is 16.7 Å².